The van der Waals surface area contributed by atoms with Gasteiger partial charge in [-0.25, -0.2) is 0 Å². The number of rotatable bonds is 5. The Bertz CT molecular complexity index is 671. The lowest BCUT2D eigenvalue weighted by molar-refractivity contribution is 0.722. The van der Waals surface area contributed by atoms with Crippen molar-refractivity contribution in [2.45, 2.75) is 32.7 Å². The van der Waals surface area contributed by atoms with Crippen LogP contribution in [0.4, 0.5) is 5.69 Å². The van der Waals surface area contributed by atoms with Gasteiger partial charge in [-0.15, -0.1) is 0 Å². The van der Waals surface area contributed by atoms with E-state index in [-0.39, 0.29) is 6.04 Å². The second-order valence-electron chi connectivity index (χ2n) is 5.44. The molecule has 2 aromatic rings. The molecule has 23 heavy (non-hydrogen) atoms. The summed E-state index contributed by atoms with van der Waals surface area (Å²) in [7, 11) is 0. The number of halogens is 2. The summed E-state index contributed by atoms with van der Waals surface area (Å²) in [6.45, 7) is 4.26. The molecule has 0 aliphatic carbocycles. The molecule has 0 heterocycles. The molecule has 2 nitrogen and oxygen atoms in total. The van der Waals surface area contributed by atoms with E-state index in [0.29, 0.717) is 15.2 Å². The molecule has 0 radical (unpaired) electrons. The predicted molar refractivity (Wildman–Crippen MR) is 105 cm³/mol. The Morgan fingerprint density at radius 1 is 1.13 bits per heavy atom. The first-order valence-electron chi connectivity index (χ1n) is 7.61. The third kappa shape index (κ3) is 5.38. The maximum absolute atomic E-state index is 6.14. The molecule has 1 unspecified atom stereocenters. The molecule has 0 bridgehead atoms. The van der Waals surface area contributed by atoms with Gasteiger partial charge < -0.3 is 10.6 Å². The number of thiocarbonyl (C=S) groups is 1. The fraction of sp³-hybridized carbons (Fsp3) is 0.278. The van der Waals surface area contributed by atoms with Crippen molar-refractivity contribution in [2.24, 2.45) is 0 Å². The predicted octanol–water partition coefficient (Wildman–Crippen LogP) is 5.99. The van der Waals surface area contributed by atoms with Crippen LogP contribution >= 0.6 is 35.4 Å². The van der Waals surface area contributed by atoms with E-state index in [1.165, 1.54) is 11.1 Å². The van der Waals surface area contributed by atoms with Crippen molar-refractivity contribution in [2.75, 3.05) is 5.32 Å². The van der Waals surface area contributed by atoms with Crippen molar-refractivity contribution in [1.29, 1.82) is 0 Å². The lowest BCUT2D eigenvalue weighted by atomic mass is 10.0. The van der Waals surface area contributed by atoms with E-state index in [4.69, 9.17) is 35.4 Å². The van der Waals surface area contributed by atoms with Gasteiger partial charge in [0, 0.05) is 5.02 Å². The first-order chi connectivity index (χ1) is 11.0. The normalized spacial score (nSPS) is 11.8. The van der Waals surface area contributed by atoms with Gasteiger partial charge in [-0.3, -0.25) is 0 Å². The molecule has 0 saturated carbocycles. The van der Waals surface area contributed by atoms with Gasteiger partial charge >= 0.3 is 0 Å². The summed E-state index contributed by atoms with van der Waals surface area (Å²) in [6, 6.07) is 14.0. The van der Waals surface area contributed by atoms with Crippen LogP contribution in [-0.4, -0.2) is 5.11 Å². The molecule has 2 N–H and O–H groups in total. The van der Waals surface area contributed by atoms with Crippen molar-refractivity contribution in [1.82, 2.24) is 5.32 Å². The topological polar surface area (TPSA) is 24.1 Å². The Morgan fingerprint density at radius 2 is 1.83 bits per heavy atom. The van der Waals surface area contributed by atoms with Crippen LogP contribution in [0.25, 0.3) is 0 Å². The van der Waals surface area contributed by atoms with Crippen LogP contribution in [0, 0.1) is 0 Å². The van der Waals surface area contributed by atoms with Gasteiger partial charge in [0.25, 0.3) is 0 Å². The summed E-state index contributed by atoms with van der Waals surface area (Å²) in [5, 5.41) is 8.03. The highest BCUT2D eigenvalue weighted by atomic mass is 35.5. The van der Waals surface area contributed by atoms with E-state index < -0.39 is 0 Å². The van der Waals surface area contributed by atoms with E-state index in [1.807, 2.05) is 6.07 Å². The summed E-state index contributed by atoms with van der Waals surface area (Å²) in [5.41, 5.74) is 3.28. The number of nitrogens with one attached hydrogen (secondary N) is 2. The molecular weight excluding hydrogens is 347 g/mol. The van der Waals surface area contributed by atoms with Crippen LogP contribution in [-0.2, 0) is 6.42 Å². The minimum Gasteiger partial charge on any atom is -0.356 e. The minimum atomic E-state index is 0.108. The molecule has 0 saturated heterocycles. The van der Waals surface area contributed by atoms with Crippen LogP contribution < -0.4 is 10.6 Å². The van der Waals surface area contributed by atoms with Gasteiger partial charge in [-0.1, -0.05) is 60.8 Å². The summed E-state index contributed by atoms with van der Waals surface area (Å²) in [6.07, 6.45) is 2.26. The lowest BCUT2D eigenvalue weighted by Crippen LogP contribution is -2.31. The maximum Gasteiger partial charge on any atom is 0.171 e. The fourth-order valence-electron chi connectivity index (χ4n) is 2.29. The maximum atomic E-state index is 6.14. The van der Waals surface area contributed by atoms with E-state index >= 15 is 0 Å². The van der Waals surface area contributed by atoms with Gasteiger partial charge in [0.05, 0.1) is 16.8 Å². The Kier molecular flexibility index (Phi) is 6.70. The van der Waals surface area contributed by atoms with Crippen LogP contribution in [0.1, 0.15) is 37.4 Å². The van der Waals surface area contributed by atoms with Crippen molar-refractivity contribution in [3.05, 3.63) is 63.6 Å². The molecule has 5 heteroatoms. The summed E-state index contributed by atoms with van der Waals surface area (Å²) in [5.74, 6) is 0. The summed E-state index contributed by atoms with van der Waals surface area (Å²) < 4.78 is 0. The number of hydrogen-bond acceptors (Lipinski definition) is 1. The smallest absolute Gasteiger partial charge is 0.171 e. The monoisotopic (exact) mass is 366 g/mol. The van der Waals surface area contributed by atoms with Gasteiger partial charge in [0.2, 0.25) is 0 Å². The first kappa shape index (κ1) is 18.1. The molecule has 0 spiro atoms. The van der Waals surface area contributed by atoms with E-state index in [9.17, 15) is 0 Å². The summed E-state index contributed by atoms with van der Waals surface area (Å²) in [4.78, 5) is 0. The van der Waals surface area contributed by atoms with Crippen molar-refractivity contribution in [3.63, 3.8) is 0 Å². The molecule has 0 amide bonds. The lowest BCUT2D eigenvalue weighted by Gasteiger charge is -2.18. The Labute approximate surface area is 153 Å². The van der Waals surface area contributed by atoms with Gasteiger partial charge in [0.15, 0.2) is 5.11 Å². The molecular formula is C18H20Cl2N2S. The molecule has 0 aromatic heterocycles. The van der Waals surface area contributed by atoms with Crippen LogP contribution in [0.5, 0.6) is 0 Å². The summed E-state index contributed by atoms with van der Waals surface area (Å²) >= 11 is 17.4. The highest BCUT2D eigenvalue weighted by molar-refractivity contribution is 7.80. The molecule has 2 rings (SSSR count). The minimum absolute atomic E-state index is 0.108. The second-order valence-corrected chi connectivity index (χ2v) is 6.69. The zero-order chi connectivity index (χ0) is 16.8. The van der Waals surface area contributed by atoms with Crippen molar-refractivity contribution < 1.29 is 0 Å². The first-order valence-corrected chi connectivity index (χ1v) is 8.77. The molecule has 1 atom stereocenters. The van der Waals surface area contributed by atoms with E-state index in [1.54, 1.807) is 12.1 Å². The number of aryl methyl sites for hydroxylation is 1. The zero-order valence-corrected chi connectivity index (χ0v) is 15.5. The molecule has 0 aliphatic rings. The van der Waals surface area contributed by atoms with Gasteiger partial charge in [-0.05, 0) is 54.9 Å². The third-order valence-corrected chi connectivity index (χ3v) is 4.31. The molecule has 0 aliphatic heterocycles. The number of benzene rings is 2. The van der Waals surface area contributed by atoms with Crippen LogP contribution in [0.2, 0.25) is 10.0 Å². The average Bonchev–Trinajstić information content (AvgIpc) is 2.51. The average molecular weight is 367 g/mol. The standard InChI is InChI=1S/C18H20Cl2N2S/c1-3-4-13-5-7-14(8-6-13)12(2)21-18(23)22-17-10-9-15(19)11-16(17)20/h5-12H,3-4H2,1-2H3,(H2,21,22,23). The molecule has 0 fully saturated rings. The number of hydrogen-bond donors (Lipinski definition) is 2. The number of anilines is 1. The van der Waals surface area contributed by atoms with E-state index in [2.05, 4.69) is 48.7 Å². The molecule has 122 valence electrons. The fourth-order valence-corrected chi connectivity index (χ4v) is 3.03. The Morgan fingerprint density at radius 3 is 2.43 bits per heavy atom. The van der Waals surface area contributed by atoms with Crippen LogP contribution in [0.3, 0.4) is 0 Å². The van der Waals surface area contributed by atoms with Gasteiger partial charge in [0.1, 0.15) is 0 Å². The van der Waals surface area contributed by atoms with Crippen molar-refractivity contribution >= 4 is 46.2 Å². The Balaban J connectivity index is 1.96. The highest BCUT2D eigenvalue weighted by Crippen LogP contribution is 2.25. The largest absolute Gasteiger partial charge is 0.356 e. The zero-order valence-electron chi connectivity index (χ0n) is 13.2. The SMILES string of the molecule is CCCc1ccc(C(C)NC(=S)Nc2ccc(Cl)cc2Cl)cc1. The third-order valence-electron chi connectivity index (χ3n) is 3.55. The quantitative estimate of drug-likeness (QED) is 0.635. The van der Waals surface area contributed by atoms with E-state index in [0.717, 1.165) is 18.5 Å². The van der Waals surface area contributed by atoms with Crippen molar-refractivity contribution in [3.8, 4) is 0 Å². The second kappa shape index (κ2) is 8.53. The van der Waals surface area contributed by atoms with Gasteiger partial charge in [-0.2, -0.15) is 0 Å². The molecule has 2 aromatic carbocycles. The Hall–Kier alpha value is -1.29. The highest BCUT2D eigenvalue weighted by Gasteiger charge is 2.09. The van der Waals surface area contributed by atoms with Crippen LogP contribution in [0.15, 0.2) is 42.5 Å².